The molecule has 0 N–H and O–H groups in total. The van der Waals surface area contributed by atoms with Crippen molar-refractivity contribution in [1.82, 2.24) is 9.78 Å². The zero-order valence-corrected chi connectivity index (χ0v) is 7.68. The summed E-state index contributed by atoms with van der Waals surface area (Å²) in [6.07, 6.45) is 0. The van der Waals surface area contributed by atoms with Crippen molar-refractivity contribution in [3.05, 3.63) is 29.4 Å². The van der Waals surface area contributed by atoms with Gasteiger partial charge in [0.25, 0.3) is 0 Å². The Bertz CT molecular complexity index is 408. The third kappa shape index (κ3) is 1.08. The van der Waals surface area contributed by atoms with E-state index in [1.807, 2.05) is 24.3 Å². The summed E-state index contributed by atoms with van der Waals surface area (Å²) in [5, 5.41) is 5.73. The number of hydrogen-bond acceptors (Lipinski definition) is 1. The fraction of sp³-hybridized carbons (Fsp3) is 0.125. The topological polar surface area (TPSA) is 17.8 Å². The molecule has 2 aromatic rings. The standard InChI is InChI=1S/C8H6Cl2N2/c9-5-12-8(10)6-3-1-2-4-7(6)11-12/h1-4H,5H2. The normalized spacial score (nSPS) is 10.8. The summed E-state index contributed by atoms with van der Waals surface area (Å²) in [6.45, 7) is 0. The molecule has 2 rings (SSSR count). The maximum absolute atomic E-state index is 5.97. The number of benzene rings is 1. The van der Waals surface area contributed by atoms with Gasteiger partial charge in [-0.1, -0.05) is 23.7 Å². The number of rotatable bonds is 1. The largest absolute Gasteiger partial charge is 0.238 e. The Kier molecular flexibility index (Phi) is 1.95. The van der Waals surface area contributed by atoms with Crippen LogP contribution < -0.4 is 0 Å². The van der Waals surface area contributed by atoms with Gasteiger partial charge in [-0.05, 0) is 12.1 Å². The first kappa shape index (κ1) is 7.90. The van der Waals surface area contributed by atoms with Gasteiger partial charge in [0.1, 0.15) is 11.2 Å². The van der Waals surface area contributed by atoms with Crippen LogP contribution in [-0.4, -0.2) is 9.78 Å². The molecular weight excluding hydrogens is 195 g/mol. The molecular formula is C8H6Cl2N2. The van der Waals surface area contributed by atoms with E-state index in [1.54, 1.807) is 4.68 Å². The third-order valence-electron chi connectivity index (χ3n) is 1.69. The zero-order chi connectivity index (χ0) is 8.55. The molecule has 0 saturated heterocycles. The first-order chi connectivity index (χ1) is 5.83. The van der Waals surface area contributed by atoms with E-state index in [4.69, 9.17) is 23.2 Å². The summed E-state index contributed by atoms with van der Waals surface area (Å²) in [6, 6.07) is 7.96. The summed E-state index contributed by atoms with van der Waals surface area (Å²) in [4.78, 5) is 0. The molecule has 2 nitrogen and oxygen atoms in total. The molecule has 0 amide bonds. The van der Waals surface area contributed by atoms with Gasteiger partial charge < -0.3 is 0 Å². The Morgan fingerprint density at radius 3 is 2.75 bits per heavy atom. The average molecular weight is 201 g/mol. The SMILES string of the molecule is ClCn1nc2ccccc2c1Cl. The minimum absolute atomic E-state index is 0.285. The van der Waals surface area contributed by atoms with Crippen molar-refractivity contribution < 1.29 is 0 Å². The van der Waals surface area contributed by atoms with Crippen molar-refractivity contribution in [2.24, 2.45) is 0 Å². The molecule has 4 heteroatoms. The van der Waals surface area contributed by atoms with Crippen LogP contribution in [0.4, 0.5) is 0 Å². The lowest BCUT2D eigenvalue weighted by Crippen LogP contribution is -1.92. The van der Waals surface area contributed by atoms with E-state index in [0.717, 1.165) is 10.9 Å². The van der Waals surface area contributed by atoms with Crippen LogP contribution >= 0.6 is 23.2 Å². The molecule has 1 heterocycles. The summed E-state index contributed by atoms with van der Waals surface area (Å²) in [5.74, 6) is 0. The third-order valence-corrected chi connectivity index (χ3v) is 2.32. The van der Waals surface area contributed by atoms with Crippen molar-refractivity contribution in [2.45, 2.75) is 6.00 Å². The minimum Gasteiger partial charge on any atom is -0.238 e. The maximum atomic E-state index is 5.97. The Labute approximate surface area is 79.7 Å². The molecule has 62 valence electrons. The Morgan fingerprint density at radius 2 is 2.08 bits per heavy atom. The Balaban J connectivity index is 2.78. The van der Waals surface area contributed by atoms with Gasteiger partial charge in [0, 0.05) is 5.39 Å². The number of fused-ring (bicyclic) bond motifs is 1. The molecule has 0 radical (unpaired) electrons. The first-order valence-electron chi connectivity index (χ1n) is 3.50. The highest BCUT2D eigenvalue weighted by Gasteiger charge is 2.05. The van der Waals surface area contributed by atoms with Gasteiger partial charge in [0.15, 0.2) is 0 Å². The van der Waals surface area contributed by atoms with Gasteiger partial charge >= 0.3 is 0 Å². The van der Waals surface area contributed by atoms with Gasteiger partial charge in [0.2, 0.25) is 0 Å². The second kappa shape index (κ2) is 2.96. The highest BCUT2D eigenvalue weighted by Crippen LogP contribution is 2.22. The lowest BCUT2D eigenvalue weighted by Gasteiger charge is -1.92. The lowest BCUT2D eigenvalue weighted by atomic mass is 10.3. The summed E-state index contributed by atoms with van der Waals surface area (Å²) in [7, 11) is 0. The second-order valence-corrected chi connectivity index (χ2v) is 3.02. The van der Waals surface area contributed by atoms with Crippen molar-refractivity contribution in [3.63, 3.8) is 0 Å². The van der Waals surface area contributed by atoms with E-state index in [2.05, 4.69) is 5.10 Å². The lowest BCUT2D eigenvalue weighted by molar-refractivity contribution is 0.756. The molecule has 0 bridgehead atoms. The van der Waals surface area contributed by atoms with E-state index in [9.17, 15) is 0 Å². The number of halogens is 2. The first-order valence-corrected chi connectivity index (χ1v) is 4.41. The van der Waals surface area contributed by atoms with E-state index < -0.39 is 0 Å². The van der Waals surface area contributed by atoms with Crippen molar-refractivity contribution >= 4 is 34.1 Å². The molecule has 0 unspecified atom stereocenters. The van der Waals surface area contributed by atoms with Gasteiger partial charge in [-0.15, -0.1) is 11.6 Å². The maximum Gasteiger partial charge on any atom is 0.136 e. The van der Waals surface area contributed by atoms with Crippen LogP contribution in [0.5, 0.6) is 0 Å². The van der Waals surface area contributed by atoms with Crippen molar-refractivity contribution in [3.8, 4) is 0 Å². The summed E-state index contributed by atoms with van der Waals surface area (Å²) in [5.41, 5.74) is 0.878. The molecule has 0 aliphatic carbocycles. The van der Waals surface area contributed by atoms with Crippen LogP contribution in [0.1, 0.15) is 0 Å². The molecule has 0 spiro atoms. The van der Waals surface area contributed by atoms with Gasteiger partial charge in [-0.25, -0.2) is 4.68 Å². The molecule has 1 aromatic carbocycles. The van der Waals surface area contributed by atoms with Crippen molar-refractivity contribution in [2.75, 3.05) is 0 Å². The molecule has 12 heavy (non-hydrogen) atoms. The zero-order valence-electron chi connectivity index (χ0n) is 6.17. The smallest absolute Gasteiger partial charge is 0.136 e. The van der Waals surface area contributed by atoms with Crippen LogP contribution in [0.25, 0.3) is 10.9 Å². The average Bonchev–Trinajstić information content (AvgIpc) is 2.44. The molecule has 0 aliphatic heterocycles. The Morgan fingerprint density at radius 1 is 1.33 bits per heavy atom. The number of hydrogen-bond donors (Lipinski definition) is 0. The summed E-state index contributed by atoms with van der Waals surface area (Å²) < 4.78 is 1.56. The molecule has 0 aliphatic rings. The van der Waals surface area contributed by atoms with E-state index in [-0.39, 0.29) is 6.00 Å². The quantitative estimate of drug-likeness (QED) is 0.648. The van der Waals surface area contributed by atoms with Crippen LogP contribution in [0.2, 0.25) is 5.15 Å². The molecule has 0 fully saturated rings. The number of alkyl halides is 1. The predicted molar refractivity (Wildman–Crippen MR) is 50.6 cm³/mol. The fourth-order valence-electron chi connectivity index (χ4n) is 1.13. The number of nitrogens with zero attached hydrogens (tertiary/aromatic N) is 2. The van der Waals surface area contributed by atoms with Crippen LogP contribution in [0, 0.1) is 0 Å². The van der Waals surface area contributed by atoms with Gasteiger partial charge in [-0.3, -0.25) is 0 Å². The van der Waals surface area contributed by atoms with Crippen LogP contribution in [-0.2, 0) is 6.00 Å². The van der Waals surface area contributed by atoms with Crippen LogP contribution in [0.15, 0.2) is 24.3 Å². The van der Waals surface area contributed by atoms with E-state index >= 15 is 0 Å². The molecule has 0 saturated carbocycles. The molecule has 0 atom stereocenters. The van der Waals surface area contributed by atoms with Crippen molar-refractivity contribution in [1.29, 1.82) is 0 Å². The summed E-state index contributed by atoms with van der Waals surface area (Å²) >= 11 is 11.6. The fourth-order valence-corrected chi connectivity index (χ4v) is 1.62. The second-order valence-electron chi connectivity index (χ2n) is 2.43. The highest BCUT2D eigenvalue weighted by molar-refractivity contribution is 6.34. The van der Waals surface area contributed by atoms with Gasteiger partial charge in [-0.2, -0.15) is 5.10 Å². The monoisotopic (exact) mass is 200 g/mol. The number of aromatic nitrogens is 2. The Hall–Kier alpha value is -0.730. The highest BCUT2D eigenvalue weighted by atomic mass is 35.5. The predicted octanol–water partition coefficient (Wildman–Crippen LogP) is 2.89. The van der Waals surface area contributed by atoms with Crippen LogP contribution in [0.3, 0.4) is 0 Å². The minimum atomic E-state index is 0.285. The molecule has 1 aromatic heterocycles. The van der Waals surface area contributed by atoms with E-state index in [1.165, 1.54) is 0 Å². The van der Waals surface area contributed by atoms with Gasteiger partial charge in [0.05, 0.1) is 5.52 Å². The van der Waals surface area contributed by atoms with E-state index in [0.29, 0.717) is 5.15 Å².